The number of rotatable bonds is 3. The van der Waals surface area contributed by atoms with E-state index < -0.39 is 0 Å². The minimum atomic E-state index is -0.332. The molecule has 1 aliphatic rings. The Bertz CT molecular complexity index is 1340. The van der Waals surface area contributed by atoms with Gasteiger partial charge < -0.3 is 15.4 Å². The van der Waals surface area contributed by atoms with E-state index in [0.29, 0.717) is 33.5 Å². The zero-order valence-corrected chi connectivity index (χ0v) is 17.1. The predicted molar refractivity (Wildman–Crippen MR) is 122 cm³/mol. The summed E-state index contributed by atoms with van der Waals surface area (Å²) < 4.78 is 5.88. The van der Waals surface area contributed by atoms with Crippen LogP contribution >= 0.6 is 11.6 Å². The number of fused-ring (bicyclic) bond motifs is 3. The molecular formula is C25H17ClN2O3. The van der Waals surface area contributed by atoms with Gasteiger partial charge in [-0.2, -0.15) is 0 Å². The van der Waals surface area contributed by atoms with E-state index in [1.807, 2.05) is 42.5 Å². The maximum atomic E-state index is 12.7. The predicted octanol–water partition coefficient (Wildman–Crippen LogP) is 6.03. The lowest BCUT2D eigenvalue weighted by atomic mass is 10.0. The van der Waals surface area contributed by atoms with Gasteiger partial charge in [0.05, 0.1) is 17.7 Å². The molecule has 0 saturated carbocycles. The molecule has 1 heterocycles. The summed E-state index contributed by atoms with van der Waals surface area (Å²) in [5.41, 5.74) is 2.29. The van der Waals surface area contributed by atoms with Gasteiger partial charge >= 0.3 is 0 Å². The summed E-state index contributed by atoms with van der Waals surface area (Å²) in [6.07, 6.45) is 0.227. The highest BCUT2D eigenvalue weighted by molar-refractivity contribution is 6.31. The molecule has 6 heteroatoms. The van der Waals surface area contributed by atoms with Gasteiger partial charge in [0, 0.05) is 10.7 Å². The number of nitrogens with one attached hydrogen (secondary N) is 2. The highest BCUT2D eigenvalue weighted by atomic mass is 35.5. The molecule has 0 aromatic heterocycles. The van der Waals surface area contributed by atoms with E-state index in [2.05, 4.69) is 10.6 Å². The number of hydrogen-bond donors (Lipinski definition) is 2. The summed E-state index contributed by atoms with van der Waals surface area (Å²) in [6, 6.07) is 23.9. The van der Waals surface area contributed by atoms with Crippen molar-refractivity contribution in [3.63, 3.8) is 0 Å². The Labute approximate surface area is 183 Å². The van der Waals surface area contributed by atoms with Crippen LogP contribution in [0, 0.1) is 0 Å². The van der Waals surface area contributed by atoms with Gasteiger partial charge in [-0.25, -0.2) is 0 Å². The number of ether oxygens (including phenoxy) is 1. The molecule has 31 heavy (non-hydrogen) atoms. The van der Waals surface area contributed by atoms with Crippen molar-refractivity contribution in [3.8, 4) is 11.5 Å². The molecular weight excluding hydrogens is 412 g/mol. The van der Waals surface area contributed by atoms with Crippen molar-refractivity contribution in [2.24, 2.45) is 0 Å². The molecule has 1 aliphatic heterocycles. The summed E-state index contributed by atoms with van der Waals surface area (Å²) in [5, 5.41) is 8.31. The van der Waals surface area contributed by atoms with Gasteiger partial charge in [-0.05, 0) is 52.7 Å². The monoisotopic (exact) mass is 428 g/mol. The topological polar surface area (TPSA) is 67.4 Å². The molecule has 152 valence electrons. The first-order valence-electron chi connectivity index (χ1n) is 9.76. The summed E-state index contributed by atoms with van der Waals surface area (Å²) >= 11 is 6.02. The Kier molecular flexibility index (Phi) is 4.81. The zero-order valence-electron chi connectivity index (χ0n) is 16.3. The van der Waals surface area contributed by atoms with E-state index in [4.69, 9.17) is 16.3 Å². The first-order chi connectivity index (χ1) is 15.1. The van der Waals surface area contributed by atoms with Crippen LogP contribution in [-0.2, 0) is 11.2 Å². The molecule has 0 spiro atoms. The summed E-state index contributed by atoms with van der Waals surface area (Å²) in [6.45, 7) is 0. The van der Waals surface area contributed by atoms with Gasteiger partial charge in [-0.3, -0.25) is 9.59 Å². The number of halogens is 1. The molecule has 0 aliphatic carbocycles. The lowest BCUT2D eigenvalue weighted by Gasteiger charge is -2.11. The Morgan fingerprint density at radius 1 is 0.935 bits per heavy atom. The van der Waals surface area contributed by atoms with Crippen molar-refractivity contribution in [1.82, 2.24) is 0 Å². The maximum absolute atomic E-state index is 12.7. The summed E-state index contributed by atoms with van der Waals surface area (Å²) in [7, 11) is 0. The molecule has 0 fully saturated rings. The second-order valence-corrected chi connectivity index (χ2v) is 7.71. The quantitative estimate of drug-likeness (QED) is 0.418. The summed E-state index contributed by atoms with van der Waals surface area (Å²) in [5.74, 6) is 0.414. The lowest BCUT2D eigenvalue weighted by molar-refractivity contribution is -0.115. The largest absolute Gasteiger partial charge is 0.454 e. The average Bonchev–Trinajstić information content (AvgIpc) is 2.89. The lowest BCUT2D eigenvalue weighted by Crippen LogP contribution is -2.16. The van der Waals surface area contributed by atoms with E-state index in [9.17, 15) is 9.59 Å². The Balaban J connectivity index is 1.38. The first-order valence-corrected chi connectivity index (χ1v) is 10.1. The minimum Gasteiger partial charge on any atom is -0.454 e. The molecule has 4 aromatic carbocycles. The van der Waals surface area contributed by atoms with Crippen LogP contribution in [0.5, 0.6) is 11.5 Å². The van der Waals surface area contributed by atoms with Crippen molar-refractivity contribution >= 4 is 45.6 Å². The Morgan fingerprint density at radius 3 is 2.65 bits per heavy atom. The molecule has 2 amide bonds. The second-order valence-electron chi connectivity index (χ2n) is 7.27. The number of anilines is 2. The van der Waals surface area contributed by atoms with Crippen molar-refractivity contribution in [2.45, 2.75) is 6.42 Å². The van der Waals surface area contributed by atoms with Gasteiger partial charge in [0.15, 0.2) is 5.75 Å². The fraction of sp³-hybridized carbons (Fsp3) is 0.0400. The highest BCUT2D eigenvalue weighted by Crippen LogP contribution is 2.38. The third-order valence-electron chi connectivity index (χ3n) is 5.15. The fourth-order valence-corrected chi connectivity index (χ4v) is 3.87. The van der Waals surface area contributed by atoms with Crippen molar-refractivity contribution in [3.05, 3.63) is 95.0 Å². The third-order valence-corrected chi connectivity index (χ3v) is 5.38. The Morgan fingerprint density at radius 2 is 1.74 bits per heavy atom. The Hall–Kier alpha value is -3.83. The van der Waals surface area contributed by atoms with Crippen LogP contribution in [0.2, 0.25) is 5.02 Å². The SMILES string of the molecule is O=C(Cc1cccc2ccccc12)Nc1ccc2c(c1)C(=O)Nc1cc(Cl)ccc1O2. The van der Waals surface area contributed by atoms with Gasteiger partial charge in [-0.1, -0.05) is 54.1 Å². The van der Waals surface area contributed by atoms with Gasteiger partial charge in [-0.15, -0.1) is 0 Å². The third kappa shape index (κ3) is 3.83. The molecule has 5 nitrogen and oxygen atoms in total. The van der Waals surface area contributed by atoms with Gasteiger partial charge in [0.2, 0.25) is 5.91 Å². The van der Waals surface area contributed by atoms with Crippen LogP contribution in [0.25, 0.3) is 10.8 Å². The van der Waals surface area contributed by atoms with Crippen molar-refractivity contribution in [1.29, 1.82) is 0 Å². The van der Waals surface area contributed by atoms with Crippen molar-refractivity contribution < 1.29 is 14.3 Å². The zero-order chi connectivity index (χ0) is 21.4. The molecule has 0 radical (unpaired) electrons. The van der Waals surface area contributed by atoms with Crippen LogP contribution in [0.4, 0.5) is 11.4 Å². The van der Waals surface area contributed by atoms with E-state index in [0.717, 1.165) is 16.3 Å². The van der Waals surface area contributed by atoms with E-state index >= 15 is 0 Å². The van der Waals surface area contributed by atoms with Gasteiger partial charge in [0.25, 0.3) is 5.91 Å². The van der Waals surface area contributed by atoms with Crippen LogP contribution in [0.15, 0.2) is 78.9 Å². The molecule has 2 N–H and O–H groups in total. The second kappa shape index (κ2) is 7.78. The molecule has 0 atom stereocenters. The van der Waals surface area contributed by atoms with Crippen LogP contribution < -0.4 is 15.4 Å². The number of hydrogen-bond acceptors (Lipinski definition) is 3. The van der Waals surface area contributed by atoms with E-state index in [-0.39, 0.29) is 18.2 Å². The molecule has 4 aromatic rings. The molecule has 0 bridgehead atoms. The average molecular weight is 429 g/mol. The van der Waals surface area contributed by atoms with Crippen LogP contribution in [0.1, 0.15) is 15.9 Å². The highest BCUT2D eigenvalue weighted by Gasteiger charge is 2.22. The van der Waals surface area contributed by atoms with E-state index in [1.54, 1.807) is 36.4 Å². The molecule has 0 saturated heterocycles. The smallest absolute Gasteiger partial charge is 0.259 e. The maximum Gasteiger partial charge on any atom is 0.259 e. The number of carbonyl (C=O) groups is 2. The fourth-order valence-electron chi connectivity index (χ4n) is 3.70. The van der Waals surface area contributed by atoms with Crippen molar-refractivity contribution in [2.75, 3.05) is 10.6 Å². The van der Waals surface area contributed by atoms with Crippen LogP contribution in [-0.4, -0.2) is 11.8 Å². The standard InChI is InChI=1S/C25H17ClN2O3/c26-17-8-10-23-21(13-17)28-25(30)20-14-18(9-11-22(20)31-23)27-24(29)12-16-6-3-5-15-4-1-2-7-19(15)16/h1-11,13-14H,12H2,(H,27,29)(H,28,30). The first kappa shape index (κ1) is 19.2. The normalized spacial score (nSPS) is 12.2. The number of amides is 2. The van der Waals surface area contributed by atoms with Crippen LogP contribution in [0.3, 0.4) is 0 Å². The number of benzene rings is 4. The number of carbonyl (C=O) groups excluding carboxylic acids is 2. The minimum absolute atomic E-state index is 0.165. The molecule has 5 rings (SSSR count). The van der Waals surface area contributed by atoms with Gasteiger partial charge in [0.1, 0.15) is 5.75 Å². The summed E-state index contributed by atoms with van der Waals surface area (Å²) in [4.78, 5) is 25.4. The van der Waals surface area contributed by atoms with E-state index in [1.165, 1.54) is 0 Å². The molecule has 0 unspecified atom stereocenters.